The lowest BCUT2D eigenvalue weighted by molar-refractivity contribution is 0.245. The molecule has 0 aliphatic carbocycles. The molecule has 0 spiro atoms. The number of aryl methyl sites for hydroxylation is 1. The molecule has 3 aromatic heterocycles. The molecule has 1 saturated heterocycles. The summed E-state index contributed by atoms with van der Waals surface area (Å²) in [6.45, 7) is 4.56. The van der Waals surface area contributed by atoms with Crippen molar-refractivity contribution in [1.29, 1.82) is 0 Å². The second-order valence-corrected chi connectivity index (χ2v) is 6.16. The van der Waals surface area contributed by atoms with Gasteiger partial charge in [0, 0.05) is 45.8 Å². The number of rotatable bonds is 4. The molecular weight excluding hydrogens is 318 g/mol. The lowest BCUT2D eigenvalue weighted by Gasteiger charge is -2.35. The number of hydrogen-bond acceptors (Lipinski definition) is 7. The van der Waals surface area contributed by atoms with Crippen molar-refractivity contribution in [2.45, 2.75) is 6.54 Å². The lowest BCUT2D eigenvalue weighted by atomic mass is 10.2. The lowest BCUT2D eigenvalue weighted by Crippen LogP contribution is -2.46. The van der Waals surface area contributed by atoms with E-state index in [1.807, 2.05) is 29.8 Å². The van der Waals surface area contributed by atoms with Crippen molar-refractivity contribution in [1.82, 2.24) is 29.4 Å². The number of piperazine rings is 1. The zero-order valence-corrected chi connectivity index (χ0v) is 14.5. The van der Waals surface area contributed by atoms with E-state index in [-0.39, 0.29) is 0 Å². The number of anilines is 1. The average Bonchev–Trinajstić information content (AvgIpc) is 3.04. The van der Waals surface area contributed by atoms with Gasteiger partial charge in [0.05, 0.1) is 19.1 Å². The van der Waals surface area contributed by atoms with Crippen molar-refractivity contribution in [2.75, 3.05) is 38.2 Å². The Balaban J connectivity index is 1.44. The third-order valence-corrected chi connectivity index (χ3v) is 4.53. The molecule has 3 aromatic rings. The van der Waals surface area contributed by atoms with Crippen LogP contribution in [0.15, 0.2) is 30.9 Å². The molecule has 0 atom stereocenters. The van der Waals surface area contributed by atoms with Gasteiger partial charge in [0.15, 0.2) is 17.0 Å². The molecular formula is C17H21N7O. The Morgan fingerprint density at radius 2 is 1.92 bits per heavy atom. The van der Waals surface area contributed by atoms with E-state index in [1.165, 1.54) is 0 Å². The summed E-state index contributed by atoms with van der Waals surface area (Å²) in [5.74, 6) is 1.58. The molecule has 0 aromatic carbocycles. The number of aromatic nitrogens is 5. The Kier molecular flexibility index (Phi) is 4.19. The highest BCUT2D eigenvalue weighted by Gasteiger charge is 2.21. The highest BCUT2D eigenvalue weighted by Crippen LogP contribution is 2.22. The molecule has 0 bridgehead atoms. The summed E-state index contributed by atoms with van der Waals surface area (Å²) >= 11 is 0. The van der Waals surface area contributed by atoms with Gasteiger partial charge in [-0.15, -0.1) is 0 Å². The number of pyridine rings is 1. The van der Waals surface area contributed by atoms with Crippen LogP contribution in [0.3, 0.4) is 0 Å². The van der Waals surface area contributed by atoms with Crippen molar-refractivity contribution in [3.8, 4) is 5.88 Å². The molecule has 25 heavy (non-hydrogen) atoms. The molecule has 8 nitrogen and oxygen atoms in total. The molecule has 0 unspecified atom stereocenters. The van der Waals surface area contributed by atoms with E-state index in [0.29, 0.717) is 5.88 Å². The molecule has 8 heteroatoms. The Bertz CT molecular complexity index is 870. The van der Waals surface area contributed by atoms with Crippen molar-refractivity contribution in [2.24, 2.45) is 7.05 Å². The van der Waals surface area contributed by atoms with Crippen molar-refractivity contribution in [3.05, 3.63) is 36.5 Å². The van der Waals surface area contributed by atoms with E-state index >= 15 is 0 Å². The standard InChI is InChI=1S/C17H21N7O/c1-22-12-20-15-16(22)18-11-19-17(15)24-8-6-23(7-9-24)10-13-4-3-5-14(21-13)25-2/h3-5,11-12H,6-10H2,1-2H3. The van der Waals surface area contributed by atoms with E-state index in [2.05, 4.69) is 29.7 Å². The summed E-state index contributed by atoms with van der Waals surface area (Å²) in [6, 6.07) is 5.89. The average molecular weight is 339 g/mol. The molecule has 1 aliphatic rings. The number of hydrogen-bond donors (Lipinski definition) is 0. The van der Waals surface area contributed by atoms with Crippen LogP contribution in [0.2, 0.25) is 0 Å². The van der Waals surface area contributed by atoms with Crippen LogP contribution in [0, 0.1) is 0 Å². The third kappa shape index (κ3) is 3.12. The molecule has 4 rings (SSSR count). The van der Waals surface area contributed by atoms with Crippen molar-refractivity contribution < 1.29 is 4.74 Å². The number of fused-ring (bicyclic) bond motifs is 1. The molecule has 0 amide bonds. The fourth-order valence-electron chi connectivity index (χ4n) is 3.17. The maximum atomic E-state index is 5.20. The Morgan fingerprint density at radius 1 is 1.08 bits per heavy atom. The molecule has 1 fully saturated rings. The zero-order valence-electron chi connectivity index (χ0n) is 14.5. The smallest absolute Gasteiger partial charge is 0.213 e. The maximum Gasteiger partial charge on any atom is 0.213 e. The van der Waals surface area contributed by atoms with Crippen molar-refractivity contribution in [3.63, 3.8) is 0 Å². The SMILES string of the molecule is COc1cccc(CN2CCN(c3ncnc4c3ncn4C)CC2)n1. The number of methoxy groups -OCH3 is 1. The van der Waals surface area contributed by atoms with E-state index in [4.69, 9.17) is 4.74 Å². The van der Waals surface area contributed by atoms with E-state index in [0.717, 1.165) is 55.4 Å². The Labute approximate surface area is 146 Å². The molecule has 0 radical (unpaired) electrons. The highest BCUT2D eigenvalue weighted by molar-refractivity contribution is 5.83. The van der Waals surface area contributed by atoms with Gasteiger partial charge < -0.3 is 14.2 Å². The zero-order chi connectivity index (χ0) is 17.2. The van der Waals surface area contributed by atoms with Crippen LogP contribution in [0.1, 0.15) is 5.69 Å². The van der Waals surface area contributed by atoms with Crippen LogP contribution in [-0.4, -0.2) is 62.7 Å². The predicted molar refractivity (Wildman–Crippen MR) is 94.6 cm³/mol. The first-order chi connectivity index (χ1) is 12.2. The first kappa shape index (κ1) is 15.8. The maximum absolute atomic E-state index is 5.20. The molecule has 0 saturated carbocycles. The van der Waals surface area contributed by atoms with Gasteiger partial charge in [0.25, 0.3) is 0 Å². The number of ether oxygens (including phenoxy) is 1. The number of nitrogens with zero attached hydrogens (tertiary/aromatic N) is 7. The van der Waals surface area contributed by atoms with Gasteiger partial charge in [0.1, 0.15) is 6.33 Å². The third-order valence-electron chi connectivity index (χ3n) is 4.53. The van der Waals surface area contributed by atoms with E-state index < -0.39 is 0 Å². The van der Waals surface area contributed by atoms with E-state index in [1.54, 1.807) is 19.8 Å². The first-order valence-corrected chi connectivity index (χ1v) is 8.34. The molecule has 4 heterocycles. The number of imidazole rings is 1. The van der Waals surface area contributed by atoms with Crippen LogP contribution in [0.5, 0.6) is 5.88 Å². The second kappa shape index (κ2) is 6.64. The topological polar surface area (TPSA) is 72.2 Å². The summed E-state index contributed by atoms with van der Waals surface area (Å²) in [7, 11) is 3.59. The summed E-state index contributed by atoms with van der Waals surface area (Å²) in [5.41, 5.74) is 2.77. The van der Waals surface area contributed by atoms with Crippen LogP contribution in [-0.2, 0) is 13.6 Å². The van der Waals surface area contributed by atoms with Gasteiger partial charge in [-0.2, -0.15) is 0 Å². The molecule has 1 aliphatic heterocycles. The summed E-state index contributed by atoms with van der Waals surface area (Å²) in [6.07, 6.45) is 3.40. The normalized spacial score (nSPS) is 15.7. The van der Waals surface area contributed by atoms with Gasteiger partial charge in [-0.3, -0.25) is 4.90 Å². The summed E-state index contributed by atoms with van der Waals surface area (Å²) < 4.78 is 7.12. The Morgan fingerprint density at radius 3 is 2.72 bits per heavy atom. The molecule has 0 N–H and O–H groups in total. The van der Waals surface area contributed by atoms with Crippen LogP contribution in [0.4, 0.5) is 5.82 Å². The minimum absolute atomic E-state index is 0.662. The predicted octanol–water partition coefficient (Wildman–Crippen LogP) is 1.09. The second-order valence-electron chi connectivity index (χ2n) is 6.16. The van der Waals surface area contributed by atoms with Crippen LogP contribution >= 0.6 is 0 Å². The van der Waals surface area contributed by atoms with E-state index in [9.17, 15) is 0 Å². The van der Waals surface area contributed by atoms with Gasteiger partial charge in [0.2, 0.25) is 5.88 Å². The van der Waals surface area contributed by atoms with Crippen LogP contribution < -0.4 is 9.64 Å². The van der Waals surface area contributed by atoms with Crippen molar-refractivity contribution >= 4 is 17.0 Å². The fraction of sp³-hybridized carbons (Fsp3) is 0.412. The largest absolute Gasteiger partial charge is 0.481 e. The minimum atomic E-state index is 0.662. The van der Waals surface area contributed by atoms with Gasteiger partial charge in [-0.1, -0.05) is 6.07 Å². The minimum Gasteiger partial charge on any atom is -0.481 e. The van der Waals surface area contributed by atoms with Gasteiger partial charge in [-0.05, 0) is 6.07 Å². The summed E-state index contributed by atoms with van der Waals surface area (Å²) in [4.78, 5) is 22.4. The quantitative estimate of drug-likeness (QED) is 0.704. The van der Waals surface area contributed by atoms with Crippen LogP contribution in [0.25, 0.3) is 11.2 Å². The monoisotopic (exact) mass is 339 g/mol. The molecule has 130 valence electrons. The van der Waals surface area contributed by atoms with Gasteiger partial charge in [-0.25, -0.2) is 19.9 Å². The highest BCUT2D eigenvalue weighted by atomic mass is 16.5. The van der Waals surface area contributed by atoms with Gasteiger partial charge >= 0.3 is 0 Å². The summed E-state index contributed by atoms with van der Waals surface area (Å²) in [5, 5.41) is 0. The Hall–Kier alpha value is -2.74. The fourth-order valence-corrected chi connectivity index (χ4v) is 3.17. The first-order valence-electron chi connectivity index (χ1n) is 8.34.